The molecule has 0 saturated carbocycles. The Morgan fingerprint density at radius 2 is 1.74 bits per heavy atom. The molecule has 0 aliphatic heterocycles. The second-order valence-electron chi connectivity index (χ2n) is 4.09. The fourth-order valence-electron chi connectivity index (χ4n) is 1.51. The van der Waals surface area contributed by atoms with Crippen molar-refractivity contribution < 1.29 is 27.8 Å². The van der Waals surface area contributed by atoms with Crippen LogP contribution in [0.1, 0.15) is 19.4 Å². The number of nitrogens with zero attached hydrogens (tertiary/aromatic N) is 1. The van der Waals surface area contributed by atoms with Crippen LogP contribution in [0.25, 0.3) is 0 Å². The van der Waals surface area contributed by atoms with E-state index in [4.69, 9.17) is 11.6 Å². The summed E-state index contributed by atoms with van der Waals surface area (Å²) in [5.74, 6) is -5.84. The number of hydrogen-bond donors (Lipinski definition) is 1. The van der Waals surface area contributed by atoms with Crippen LogP contribution in [0, 0.1) is 0 Å². The van der Waals surface area contributed by atoms with Crippen LogP contribution >= 0.6 is 11.6 Å². The monoisotopic (exact) mass is 348 g/mol. The van der Waals surface area contributed by atoms with Crippen LogP contribution in [-0.4, -0.2) is 36.9 Å². The third-order valence-electron chi connectivity index (χ3n) is 2.48. The average molecular weight is 349 g/mol. The first-order chi connectivity index (χ1) is 10.8. The summed E-state index contributed by atoms with van der Waals surface area (Å²) in [7, 11) is 0. The number of carbonyl (C=O) groups excluding carboxylic acids is 2. The maximum Gasteiger partial charge on any atom is 0.427 e. The summed E-state index contributed by atoms with van der Waals surface area (Å²) in [4.78, 5) is 22.7. The van der Waals surface area contributed by atoms with Gasteiger partial charge in [0.15, 0.2) is 0 Å². The Morgan fingerprint density at radius 3 is 2.26 bits per heavy atom. The molecule has 0 radical (unpaired) electrons. The largest absolute Gasteiger partial charge is 0.461 e. The number of hydrazone groups is 1. The Morgan fingerprint density at radius 1 is 1.17 bits per heavy atom. The van der Waals surface area contributed by atoms with E-state index in [0.717, 1.165) is 0 Å². The van der Waals surface area contributed by atoms with Gasteiger partial charge in [-0.1, -0.05) is 23.7 Å². The van der Waals surface area contributed by atoms with Crippen molar-refractivity contribution in [2.45, 2.75) is 19.8 Å². The fraction of sp³-hybridized carbons (Fsp3) is 0.357. The van der Waals surface area contributed by atoms with Crippen molar-refractivity contribution in [1.82, 2.24) is 5.43 Å². The Balaban J connectivity index is 3.20. The molecule has 1 amide bonds. The molecule has 23 heavy (non-hydrogen) atoms. The summed E-state index contributed by atoms with van der Waals surface area (Å²) in [5, 5.41) is 3.63. The Kier molecular flexibility index (Phi) is 6.89. The summed E-state index contributed by atoms with van der Waals surface area (Å²) in [5.41, 5.74) is 0.713. The molecular weight excluding hydrogens is 334 g/mol. The molecule has 0 aliphatic rings. The molecule has 1 N–H and O–H groups in total. The quantitative estimate of drug-likeness (QED) is 0.487. The molecule has 0 heterocycles. The molecule has 0 aliphatic carbocycles. The lowest BCUT2D eigenvalue weighted by Crippen LogP contribution is -2.41. The zero-order valence-corrected chi connectivity index (χ0v) is 13.2. The SMILES string of the molecule is CCOC(=O)N/N=C(\c1ccc(Cl)cc1)C(F)(F)C(=O)OCC. The first kappa shape index (κ1) is 18.8. The van der Waals surface area contributed by atoms with Crippen LogP contribution < -0.4 is 5.43 Å². The summed E-state index contributed by atoms with van der Waals surface area (Å²) in [6.45, 7) is 2.74. The number of carbonyl (C=O) groups is 2. The minimum atomic E-state index is -4.07. The molecule has 6 nitrogen and oxygen atoms in total. The van der Waals surface area contributed by atoms with Gasteiger partial charge in [0.2, 0.25) is 0 Å². The summed E-state index contributed by atoms with van der Waals surface area (Å²) in [6.07, 6.45) is -1.03. The van der Waals surface area contributed by atoms with Gasteiger partial charge in [0.05, 0.1) is 13.2 Å². The van der Waals surface area contributed by atoms with Gasteiger partial charge in [0.1, 0.15) is 5.71 Å². The zero-order valence-electron chi connectivity index (χ0n) is 12.4. The van der Waals surface area contributed by atoms with Crippen LogP contribution in [0.2, 0.25) is 5.02 Å². The van der Waals surface area contributed by atoms with E-state index in [-0.39, 0.29) is 18.8 Å². The first-order valence-electron chi connectivity index (χ1n) is 6.64. The normalized spacial score (nSPS) is 11.8. The summed E-state index contributed by atoms with van der Waals surface area (Å²) < 4.78 is 37.4. The molecule has 1 rings (SSSR count). The van der Waals surface area contributed by atoms with Gasteiger partial charge in [-0.3, -0.25) is 0 Å². The molecule has 1 aromatic rings. The van der Waals surface area contributed by atoms with Crippen molar-refractivity contribution in [3.8, 4) is 0 Å². The van der Waals surface area contributed by atoms with E-state index >= 15 is 0 Å². The smallest absolute Gasteiger partial charge is 0.427 e. The van der Waals surface area contributed by atoms with Gasteiger partial charge >= 0.3 is 18.0 Å². The Bertz CT molecular complexity index is 591. The van der Waals surface area contributed by atoms with Crippen molar-refractivity contribution in [3.63, 3.8) is 0 Å². The molecule has 0 spiro atoms. The van der Waals surface area contributed by atoms with Crippen molar-refractivity contribution in [3.05, 3.63) is 34.9 Å². The number of benzene rings is 1. The molecule has 9 heteroatoms. The van der Waals surface area contributed by atoms with E-state index in [9.17, 15) is 18.4 Å². The second kappa shape index (κ2) is 8.42. The zero-order chi connectivity index (χ0) is 17.5. The predicted octanol–water partition coefficient (Wildman–Crippen LogP) is 2.99. The topological polar surface area (TPSA) is 77.0 Å². The third-order valence-corrected chi connectivity index (χ3v) is 2.73. The van der Waals surface area contributed by atoms with E-state index in [2.05, 4.69) is 14.6 Å². The highest BCUT2D eigenvalue weighted by molar-refractivity contribution is 6.30. The van der Waals surface area contributed by atoms with Crippen molar-refractivity contribution >= 4 is 29.4 Å². The number of esters is 1. The van der Waals surface area contributed by atoms with E-state index in [0.29, 0.717) is 5.02 Å². The van der Waals surface area contributed by atoms with Gasteiger partial charge in [-0.25, -0.2) is 15.0 Å². The van der Waals surface area contributed by atoms with E-state index < -0.39 is 23.7 Å². The molecule has 126 valence electrons. The van der Waals surface area contributed by atoms with Gasteiger partial charge in [-0.2, -0.15) is 13.9 Å². The molecule has 1 aromatic carbocycles. The van der Waals surface area contributed by atoms with E-state index in [1.54, 1.807) is 5.43 Å². The maximum absolute atomic E-state index is 14.3. The molecule has 0 bridgehead atoms. The van der Waals surface area contributed by atoms with E-state index in [1.165, 1.54) is 38.1 Å². The summed E-state index contributed by atoms with van der Waals surface area (Å²) >= 11 is 5.70. The number of rotatable bonds is 6. The van der Waals surface area contributed by atoms with Crippen molar-refractivity contribution in [2.75, 3.05) is 13.2 Å². The van der Waals surface area contributed by atoms with Crippen LogP contribution in [0.5, 0.6) is 0 Å². The standard InChI is InChI=1S/C14H15ClF2N2O4/c1-3-22-12(20)14(16,17)11(18-19-13(21)23-4-2)9-5-7-10(15)8-6-9/h5-8H,3-4H2,1-2H3,(H,19,21)/b18-11+. The maximum atomic E-state index is 14.3. The lowest BCUT2D eigenvalue weighted by atomic mass is 10.0. The highest BCUT2D eigenvalue weighted by Gasteiger charge is 2.47. The molecule has 0 saturated heterocycles. The lowest BCUT2D eigenvalue weighted by Gasteiger charge is -2.17. The van der Waals surface area contributed by atoms with Crippen LogP contribution in [-0.2, 0) is 14.3 Å². The van der Waals surface area contributed by atoms with Gasteiger partial charge < -0.3 is 9.47 Å². The molecule has 0 aromatic heterocycles. The number of hydrogen-bond acceptors (Lipinski definition) is 5. The fourth-order valence-corrected chi connectivity index (χ4v) is 1.63. The van der Waals surface area contributed by atoms with Crippen LogP contribution in [0.4, 0.5) is 13.6 Å². The average Bonchev–Trinajstić information content (AvgIpc) is 2.49. The summed E-state index contributed by atoms with van der Waals surface area (Å²) in [6, 6.07) is 5.16. The minimum Gasteiger partial charge on any atom is -0.461 e. The number of halogens is 3. The number of alkyl halides is 2. The highest BCUT2D eigenvalue weighted by atomic mass is 35.5. The first-order valence-corrected chi connectivity index (χ1v) is 7.02. The van der Waals surface area contributed by atoms with E-state index in [1.807, 2.05) is 0 Å². The predicted molar refractivity (Wildman–Crippen MR) is 79.7 cm³/mol. The Hall–Kier alpha value is -2.22. The third kappa shape index (κ3) is 5.17. The number of amides is 1. The van der Waals surface area contributed by atoms with Gasteiger partial charge in [-0.05, 0) is 26.0 Å². The molecular formula is C14H15ClF2N2O4. The van der Waals surface area contributed by atoms with Crippen LogP contribution in [0.15, 0.2) is 29.4 Å². The molecule has 0 unspecified atom stereocenters. The van der Waals surface area contributed by atoms with Gasteiger partial charge in [0.25, 0.3) is 0 Å². The van der Waals surface area contributed by atoms with Gasteiger partial charge in [0, 0.05) is 10.6 Å². The highest BCUT2D eigenvalue weighted by Crippen LogP contribution is 2.24. The van der Waals surface area contributed by atoms with Crippen molar-refractivity contribution in [1.29, 1.82) is 0 Å². The second-order valence-corrected chi connectivity index (χ2v) is 4.53. The lowest BCUT2D eigenvalue weighted by molar-refractivity contribution is -0.162. The Labute approximate surface area is 136 Å². The molecule has 0 atom stereocenters. The number of ether oxygens (including phenoxy) is 2. The molecule has 0 fully saturated rings. The number of nitrogens with one attached hydrogen (secondary N) is 1. The van der Waals surface area contributed by atoms with Crippen molar-refractivity contribution in [2.24, 2.45) is 5.10 Å². The van der Waals surface area contributed by atoms with Crippen LogP contribution in [0.3, 0.4) is 0 Å². The van der Waals surface area contributed by atoms with Gasteiger partial charge in [-0.15, -0.1) is 0 Å². The minimum absolute atomic E-state index is 0.0336.